The highest BCUT2D eigenvalue weighted by atomic mass is 16.5. The molecule has 3 aliphatic carbocycles. The highest BCUT2D eigenvalue weighted by Gasteiger charge is 2.67. The molecule has 0 spiro atoms. The Kier molecular flexibility index (Phi) is 4.13. The van der Waals surface area contributed by atoms with E-state index in [0.717, 1.165) is 23.8 Å². The van der Waals surface area contributed by atoms with Crippen LogP contribution in [-0.2, 0) is 23.9 Å². The van der Waals surface area contributed by atoms with Gasteiger partial charge in [0.1, 0.15) is 12.4 Å². The molecule has 2 heterocycles. The first-order valence-corrected chi connectivity index (χ1v) is 11.0. The first kappa shape index (κ1) is 20.4. The number of aldehydes is 1. The van der Waals surface area contributed by atoms with Crippen LogP contribution in [0, 0.1) is 39.9 Å². The number of rotatable bonds is 2. The average molecular weight is 424 g/mol. The zero-order valence-electron chi connectivity index (χ0n) is 18.3. The summed E-state index contributed by atoms with van der Waals surface area (Å²) in [6.45, 7) is 7.55. The summed E-state index contributed by atoms with van der Waals surface area (Å²) in [6.07, 6.45) is 7.05. The van der Waals surface area contributed by atoms with Crippen LogP contribution in [0.3, 0.4) is 0 Å². The van der Waals surface area contributed by atoms with E-state index in [0.29, 0.717) is 6.42 Å². The third-order valence-electron chi connectivity index (χ3n) is 9.01. The molecule has 164 valence electrons. The summed E-state index contributed by atoms with van der Waals surface area (Å²) in [5.41, 5.74) is -0.410. The standard InChI is InChI=1S/C25H28O6/c1-23(2)18(11-26)25(4)16-5-7-24(3)17(14(16)9-15(20(23)28)21(25)29)10-19(27)31-22(24)13-6-8-30-12-13/h6,8-9,11-12,15-18,22H,5,7,10H2,1-4H3. The van der Waals surface area contributed by atoms with Crippen LogP contribution in [-0.4, -0.2) is 23.8 Å². The molecule has 2 saturated carbocycles. The van der Waals surface area contributed by atoms with Gasteiger partial charge in [-0.25, -0.2) is 0 Å². The van der Waals surface area contributed by atoms with E-state index in [1.807, 2.05) is 19.1 Å². The Labute approximate surface area is 181 Å². The van der Waals surface area contributed by atoms with Crippen LogP contribution in [0.15, 0.2) is 34.7 Å². The van der Waals surface area contributed by atoms with Gasteiger partial charge in [0.15, 0.2) is 11.6 Å². The maximum atomic E-state index is 13.5. The predicted octanol–water partition coefficient (Wildman–Crippen LogP) is 3.86. The van der Waals surface area contributed by atoms with Gasteiger partial charge >= 0.3 is 5.97 Å². The van der Waals surface area contributed by atoms with Crippen molar-refractivity contribution < 1.29 is 28.3 Å². The number of carbonyl (C=O) groups excluding carboxylic acids is 4. The van der Waals surface area contributed by atoms with Crippen LogP contribution in [0.5, 0.6) is 0 Å². The summed E-state index contributed by atoms with van der Waals surface area (Å²) in [6, 6.07) is 1.82. The number of Topliss-reactive ketones (excluding diaryl/α,β-unsaturated/α-hetero) is 2. The van der Waals surface area contributed by atoms with Gasteiger partial charge in [0, 0.05) is 27.7 Å². The second-order valence-electron chi connectivity index (χ2n) is 10.8. The normalized spacial score (nSPS) is 43.4. The lowest BCUT2D eigenvalue weighted by Crippen LogP contribution is -2.64. The number of furan rings is 1. The molecule has 0 amide bonds. The van der Waals surface area contributed by atoms with Gasteiger partial charge in [-0.15, -0.1) is 0 Å². The quantitative estimate of drug-likeness (QED) is 0.310. The van der Waals surface area contributed by atoms with Gasteiger partial charge in [0.05, 0.1) is 24.9 Å². The van der Waals surface area contributed by atoms with E-state index < -0.39 is 28.8 Å². The number of cyclic esters (lactones) is 1. The topological polar surface area (TPSA) is 90.7 Å². The Morgan fingerprint density at radius 1 is 1.06 bits per heavy atom. The molecule has 7 unspecified atom stereocenters. The fourth-order valence-electron chi connectivity index (χ4n) is 7.27. The van der Waals surface area contributed by atoms with Crippen molar-refractivity contribution in [1.29, 1.82) is 0 Å². The summed E-state index contributed by atoms with van der Waals surface area (Å²) in [5, 5.41) is 0. The highest BCUT2D eigenvalue weighted by molar-refractivity contribution is 6.14. The summed E-state index contributed by atoms with van der Waals surface area (Å²) < 4.78 is 11.1. The maximum Gasteiger partial charge on any atom is 0.307 e. The van der Waals surface area contributed by atoms with Crippen molar-refractivity contribution in [3.8, 4) is 0 Å². The molecule has 4 aliphatic rings. The first-order chi connectivity index (χ1) is 14.6. The van der Waals surface area contributed by atoms with Gasteiger partial charge in [0.25, 0.3) is 0 Å². The largest absolute Gasteiger partial charge is 0.472 e. The molecule has 31 heavy (non-hydrogen) atoms. The minimum absolute atomic E-state index is 0.143. The van der Waals surface area contributed by atoms with Gasteiger partial charge in [-0.2, -0.15) is 0 Å². The maximum absolute atomic E-state index is 13.5. The molecular weight excluding hydrogens is 396 g/mol. The van der Waals surface area contributed by atoms with Crippen LogP contribution in [0.25, 0.3) is 0 Å². The number of ketones is 2. The molecule has 1 saturated heterocycles. The van der Waals surface area contributed by atoms with Crippen molar-refractivity contribution in [2.45, 2.75) is 53.1 Å². The highest BCUT2D eigenvalue weighted by Crippen LogP contribution is 2.66. The van der Waals surface area contributed by atoms with Crippen molar-refractivity contribution in [1.82, 2.24) is 0 Å². The number of hydrogen-bond donors (Lipinski definition) is 0. The fourth-order valence-corrected chi connectivity index (χ4v) is 7.27. The number of allylic oxidation sites excluding steroid dienone is 2. The van der Waals surface area contributed by atoms with E-state index in [2.05, 4.69) is 6.92 Å². The lowest BCUT2D eigenvalue weighted by Gasteiger charge is -2.60. The Morgan fingerprint density at radius 2 is 1.81 bits per heavy atom. The lowest BCUT2D eigenvalue weighted by atomic mass is 9.41. The molecule has 0 aromatic carbocycles. The number of ether oxygens (including phenoxy) is 1. The Morgan fingerprint density at radius 3 is 2.45 bits per heavy atom. The summed E-state index contributed by atoms with van der Waals surface area (Å²) in [7, 11) is 0. The predicted molar refractivity (Wildman–Crippen MR) is 110 cm³/mol. The van der Waals surface area contributed by atoms with Crippen LogP contribution < -0.4 is 0 Å². The molecule has 6 heteroatoms. The second kappa shape index (κ2) is 6.27. The monoisotopic (exact) mass is 424 g/mol. The van der Waals surface area contributed by atoms with Crippen molar-refractivity contribution in [3.05, 3.63) is 35.8 Å². The molecule has 1 aliphatic heterocycles. The van der Waals surface area contributed by atoms with Gasteiger partial charge in [0.2, 0.25) is 0 Å². The van der Waals surface area contributed by atoms with Crippen molar-refractivity contribution in [2.75, 3.05) is 0 Å². The molecule has 2 bridgehead atoms. The SMILES string of the molecule is CC1(C)C(=O)C2C=C3C4CC(=O)OC(c5ccoc5)C4(C)CCC3C(C)(C2=O)C1C=O. The van der Waals surface area contributed by atoms with Gasteiger partial charge in [-0.3, -0.25) is 14.4 Å². The molecule has 0 N–H and O–H groups in total. The third kappa shape index (κ3) is 2.39. The Bertz CT molecular complexity index is 1020. The molecule has 7 atom stereocenters. The van der Waals surface area contributed by atoms with E-state index in [1.54, 1.807) is 26.4 Å². The minimum atomic E-state index is -0.943. The second-order valence-corrected chi connectivity index (χ2v) is 10.8. The molecule has 1 aromatic heterocycles. The van der Waals surface area contributed by atoms with E-state index in [-0.39, 0.29) is 41.2 Å². The number of carbonyl (C=O) groups is 4. The molecular formula is C25H28O6. The van der Waals surface area contributed by atoms with Crippen LogP contribution in [0.2, 0.25) is 0 Å². The smallest absolute Gasteiger partial charge is 0.307 e. The van der Waals surface area contributed by atoms with Crippen molar-refractivity contribution in [3.63, 3.8) is 0 Å². The number of esters is 1. The Balaban J connectivity index is 1.67. The molecule has 6 nitrogen and oxygen atoms in total. The lowest BCUT2D eigenvalue weighted by molar-refractivity contribution is -0.182. The third-order valence-corrected chi connectivity index (χ3v) is 9.01. The van der Waals surface area contributed by atoms with Gasteiger partial charge in [-0.05, 0) is 30.7 Å². The Hall–Kier alpha value is -2.50. The van der Waals surface area contributed by atoms with Crippen LogP contribution >= 0.6 is 0 Å². The minimum Gasteiger partial charge on any atom is -0.472 e. The van der Waals surface area contributed by atoms with E-state index in [1.165, 1.54) is 0 Å². The van der Waals surface area contributed by atoms with Gasteiger partial charge in [-0.1, -0.05) is 39.3 Å². The van der Waals surface area contributed by atoms with Crippen molar-refractivity contribution in [2.24, 2.45) is 39.9 Å². The van der Waals surface area contributed by atoms with Crippen LogP contribution in [0.1, 0.15) is 58.6 Å². The van der Waals surface area contributed by atoms with E-state index >= 15 is 0 Å². The first-order valence-electron chi connectivity index (χ1n) is 11.0. The fraction of sp³-hybridized carbons (Fsp3) is 0.600. The summed E-state index contributed by atoms with van der Waals surface area (Å²) in [5.74, 6) is -2.48. The number of fused-ring (bicyclic) bond motifs is 6. The molecule has 3 fully saturated rings. The number of hydrogen-bond acceptors (Lipinski definition) is 6. The van der Waals surface area contributed by atoms with E-state index in [4.69, 9.17) is 9.15 Å². The summed E-state index contributed by atoms with van der Waals surface area (Å²) >= 11 is 0. The molecule has 0 radical (unpaired) electrons. The zero-order valence-corrected chi connectivity index (χ0v) is 18.3. The zero-order chi connectivity index (χ0) is 22.3. The molecule has 1 aromatic rings. The van der Waals surface area contributed by atoms with E-state index in [9.17, 15) is 19.2 Å². The van der Waals surface area contributed by atoms with Gasteiger partial charge < -0.3 is 13.9 Å². The average Bonchev–Trinajstić information content (AvgIpc) is 3.24. The van der Waals surface area contributed by atoms with Crippen LogP contribution in [0.4, 0.5) is 0 Å². The summed E-state index contributed by atoms with van der Waals surface area (Å²) in [4.78, 5) is 51.7. The van der Waals surface area contributed by atoms with Crippen molar-refractivity contribution >= 4 is 23.8 Å². The molecule has 5 rings (SSSR count).